The Balaban J connectivity index is 1.62. The fourth-order valence-electron chi connectivity index (χ4n) is 2.45. The smallest absolute Gasteiger partial charge is 0.0224 e. The Morgan fingerprint density at radius 2 is 1.90 bits per heavy atom. The van der Waals surface area contributed by atoms with Gasteiger partial charge in [-0.1, -0.05) is 26.2 Å². The molecule has 0 aliphatic heterocycles. The van der Waals surface area contributed by atoms with Crippen LogP contribution in [-0.2, 0) is 0 Å². The Morgan fingerprint density at radius 1 is 1.20 bits per heavy atom. The third-order valence-corrected chi connectivity index (χ3v) is 3.19. The van der Waals surface area contributed by atoms with Crippen molar-refractivity contribution >= 4 is 0 Å². The Morgan fingerprint density at radius 3 is 2.30 bits per heavy atom. The summed E-state index contributed by atoms with van der Waals surface area (Å²) in [6.45, 7) is 2.29. The quantitative estimate of drug-likeness (QED) is 0.521. The van der Waals surface area contributed by atoms with Crippen LogP contribution in [0.2, 0.25) is 0 Å². The van der Waals surface area contributed by atoms with Crippen molar-refractivity contribution in [2.75, 3.05) is 0 Å². The van der Waals surface area contributed by atoms with Crippen molar-refractivity contribution < 1.29 is 0 Å². The molecule has 0 saturated heterocycles. The van der Waals surface area contributed by atoms with Gasteiger partial charge in [-0.25, -0.2) is 0 Å². The van der Waals surface area contributed by atoms with Crippen LogP contribution in [0.3, 0.4) is 0 Å². The molecule has 3 saturated carbocycles. The van der Waals surface area contributed by atoms with E-state index < -0.39 is 0 Å². The topological polar surface area (TPSA) is 0 Å². The molecule has 3 rings (SSSR count). The molecule has 3 aliphatic carbocycles. The predicted octanol–water partition coefficient (Wildman–Crippen LogP) is 3.33. The molecule has 2 bridgehead atoms. The second-order valence-electron chi connectivity index (χ2n) is 4.24. The van der Waals surface area contributed by atoms with E-state index in [9.17, 15) is 0 Å². The van der Waals surface area contributed by atoms with Crippen LogP contribution in [0, 0.1) is 11.3 Å². The van der Waals surface area contributed by atoms with E-state index in [0.29, 0.717) is 0 Å². The van der Waals surface area contributed by atoms with Gasteiger partial charge in [0.25, 0.3) is 0 Å². The summed E-state index contributed by atoms with van der Waals surface area (Å²) in [5.41, 5.74) is 0.879. The van der Waals surface area contributed by atoms with E-state index in [2.05, 4.69) is 6.92 Å². The van der Waals surface area contributed by atoms with Crippen LogP contribution in [0.4, 0.5) is 0 Å². The van der Waals surface area contributed by atoms with Gasteiger partial charge in [0.05, 0.1) is 0 Å². The van der Waals surface area contributed by atoms with E-state index >= 15 is 0 Å². The Hall–Kier alpha value is 0. The minimum atomic E-state index is 0.879. The number of hydrogen-bond donors (Lipinski definition) is 0. The van der Waals surface area contributed by atoms with Crippen LogP contribution in [0.5, 0.6) is 0 Å². The van der Waals surface area contributed by atoms with E-state index in [-0.39, 0.29) is 0 Å². The summed E-state index contributed by atoms with van der Waals surface area (Å²) in [6.07, 6.45) is 10.4. The van der Waals surface area contributed by atoms with Gasteiger partial charge in [-0.15, -0.1) is 0 Å². The molecule has 0 nitrogen and oxygen atoms in total. The first kappa shape index (κ1) is 6.69. The summed E-state index contributed by atoms with van der Waals surface area (Å²) >= 11 is 0. The fraction of sp³-hybridized carbons (Fsp3) is 0.900. The molecule has 0 aromatic rings. The molecule has 0 heteroatoms. The molecule has 3 aliphatic rings. The van der Waals surface area contributed by atoms with Crippen molar-refractivity contribution in [1.29, 1.82) is 0 Å². The molecule has 0 spiro atoms. The molecule has 1 radical (unpaired) electrons. The van der Waals surface area contributed by atoms with Crippen LogP contribution in [0.25, 0.3) is 0 Å². The molecule has 3 fully saturated rings. The van der Waals surface area contributed by atoms with E-state index in [4.69, 9.17) is 0 Å². The first-order chi connectivity index (χ1) is 4.85. The molecular weight excluding hydrogens is 120 g/mol. The Labute approximate surface area is 64.0 Å². The number of unbranched alkanes of at least 4 members (excludes halogenated alkanes) is 2. The first-order valence-corrected chi connectivity index (χ1v) is 4.68. The summed E-state index contributed by atoms with van der Waals surface area (Å²) in [5, 5.41) is 0. The maximum absolute atomic E-state index is 2.29. The lowest BCUT2D eigenvalue weighted by molar-refractivity contribution is 0.0131. The first-order valence-electron chi connectivity index (χ1n) is 4.68. The van der Waals surface area contributed by atoms with Crippen LogP contribution in [0.15, 0.2) is 0 Å². The van der Waals surface area contributed by atoms with Gasteiger partial charge in [0.15, 0.2) is 0 Å². The molecule has 0 unspecified atom stereocenters. The SMILES string of the molecule is CCCCCC12C[C](C1)C2. The average molecular weight is 137 g/mol. The predicted molar refractivity (Wildman–Crippen MR) is 43.7 cm³/mol. The van der Waals surface area contributed by atoms with E-state index in [1.165, 1.54) is 44.9 Å². The summed E-state index contributed by atoms with van der Waals surface area (Å²) in [4.78, 5) is 0. The highest BCUT2D eigenvalue weighted by Crippen LogP contribution is 2.68. The van der Waals surface area contributed by atoms with Gasteiger partial charge in [-0.2, -0.15) is 0 Å². The van der Waals surface area contributed by atoms with Gasteiger partial charge in [-0.05, 0) is 37.0 Å². The van der Waals surface area contributed by atoms with Crippen molar-refractivity contribution in [1.82, 2.24) is 0 Å². The van der Waals surface area contributed by atoms with Gasteiger partial charge < -0.3 is 0 Å². The maximum atomic E-state index is 2.29. The van der Waals surface area contributed by atoms with Crippen molar-refractivity contribution in [3.05, 3.63) is 5.92 Å². The monoisotopic (exact) mass is 137 g/mol. The third-order valence-electron chi connectivity index (χ3n) is 3.19. The molecule has 0 aromatic carbocycles. The summed E-state index contributed by atoms with van der Waals surface area (Å²) in [5.74, 6) is 1.86. The Bertz CT molecular complexity index is 109. The highest BCUT2D eigenvalue weighted by Gasteiger charge is 2.55. The summed E-state index contributed by atoms with van der Waals surface area (Å²) in [6, 6.07) is 0. The van der Waals surface area contributed by atoms with Gasteiger partial charge in [0.1, 0.15) is 0 Å². The molecule has 0 amide bonds. The zero-order valence-corrected chi connectivity index (χ0v) is 6.95. The largest absolute Gasteiger partial charge is 0.0654 e. The van der Waals surface area contributed by atoms with Crippen LogP contribution >= 0.6 is 0 Å². The second-order valence-corrected chi connectivity index (χ2v) is 4.24. The highest BCUT2D eigenvalue weighted by atomic mass is 14.6. The van der Waals surface area contributed by atoms with E-state index in [1.54, 1.807) is 0 Å². The molecule has 10 heavy (non-hydrogen) atoms. The summed E-state index contributed by atoms with van der Waals surface area (Å²) in [7, 11) is 0. The van der Waals surface area contributed by atoms with E-state index in [0.717, 1.165) is 5.41 Å². The van der Waals surface area contributed by atoms with Crippen molar-refractivity contribution in [3.8, 4) is 0 Å². The second kappa shape index (κ2) is 2.25. The van der Waals surface area contributed by atoms with E-state index in [1.807, 2.05) is 5.92 Å². The highest BCUT2D eigenvalue weighted by molar-refractivity contribution is 5.26. The standard InChI is InChI=1S/C10H17/c1-2-3-4-5-10-6-9(7-10)8-10/h2-8H2,1H3. The molecular formula is C10H17. The van der Waals surface area contributed by atoms with Crippen molar-refractivity contribution in [2.45, 2.75) is 51.9 Å². The third kappa shape index (κ3) is 0.889. The fourth-order valence-corrected chi connectivity index (χ4v) is 2.45. The molecule has 0 aromatic heterocycles. The molecule has 0 atom stereocenters. The minimum absolute atomic E-state index is 0.879. The van der Waals surface area contributed by atoms with Gasteiger partial charge in [-0.3, -0.25) is 0 Å². The van der Waals surface area contributed by atoms with Crippen LogP contribution in [-0.4, -0.2) is 0 Å². The lowest BCUT2D eigenvalue weighted by Crippen LogP contribution is -2.49. The van der Waals surface area contributed by atoms with Crippen LogP contribution in [0.1, 0.15) is 51.9 Å². The maximum Gasteiger partial charge on any atom is -0.0224 e. The number of hydrogen-bond acceptors (Lipinski definition) is 0. The van der Waals surface area contributed by atoms with Gasteiger partial charge in [0.2, 0.25) is 0 Å². The Kier molecular flexibility index (Phi) is 1.51. The lowest BCUT2D eigenvalue weighted by Gasteiger charge is -2.62. The van der Waals surface area contributed by atoms with Gasteiger partial charge in [0, 0.05) is 0 Å². The summed E-state index contributed by atoms with van der Waals surface area (Å²) < 4.78 is 0. The average Bonchev–Trinajstić information content (AvgIpc) is 1.72. The minimum Gasteiger partial charge on any atom is -0.0654 e. The van der Waals surface area contributed by atoms with Crippen molar-refractivity contribution in [2.24, 2.45) is 5.41 Å². The number of rotatable bonds is 4. The molecule has 0 N–H and O–H groups in total. The molecule has 0 heterocycles. The van der Waals surface area contributed by atoms with Crippen molar-refractivity contribution in [3.63, 3.8) is 0 Å². The van der Waals surface area contributed by atoms with Gasteiger partial charge >= 0.3 is 0 Å². The zero-order valence-electron chi connectivity index (χ0n) is 6.95. The normalized spacial score (nSPS) is 27.3. The lowest BCUT2D eigenvalue weighted by atomic mass is 9.43. The zero-order chi connectivity index (χ0) is 7.03. The van der Waals surface area contributed by atoms with Crippen LogP contribution < -0.4 is 0 Å². The molecule has 57 valence electrons.